The van der Waals surface area contributed by atoms with E-state index in [4.69, 9.17) is 4.42 Å². The first-order valence-electron chi connectivity index (χ1n) is 12.4. The average Bonchev–Trinajstić information content (AvgIpc) is 3.31. The van der Waals surface area contributed by atoms with Crippen molar-refractivity contribution >= 4 is 16.7 Å². The molecule has 2 fully saturated rings. The van der Waals surface area contributed by atoms with Crippen molar-refractivity contribution in [2.24, 2.45) is 0 Å². The highest BCUT2D eigenvalue weighted by Gasteiger charge is 2.25. The van der Waals surface area contributed by atoms with Crippen molar-refractivity contribution in [3.8, 4) is 0 Å². The van der Waals surface area contributed by atoms with Crippen LogP contribution in [-0.4, -0.2) is 65.2 Å². The molecule has 33 heavy (non-hydrogen) atoms. The van der Waals surface area contributed by atoms with Crippen molar-refractivity contribution in [3.63, 3.8) is 0 Å². The number of carbonyl (C=O) groups is 1. The van der Waals surface area contributed by atoms with Gasteiger partial charge in [0.2, 0.25) is 0 Å². The van der Waals surface area contributed by atoms with Gasteiger partial charge in [-0.25, -0.2) is 0 Å². The van der Waals surface area contributed by atoms with Gasteiger partial charge in [-0.2, -0.15) is 0 Å². The molecule has 0 aliphatic carbocycles. The van der Waals surface area contributed by atoms with Crippen LogP contribution in [0.4, 0.5) is 0 Å². The molecule has 4 rings (SSSR count). The fraction of sp³-hybridized carbons (Fsp3) is 0.577. The summed E-state index contributed by atoms with van der Waals surface area (Å²) in [6, 6.07) is 11.8. The molecule has 0 saturated carbocycles. The van der Waals surface area contributed by atoms with E-state index in [2.05, 4.69) is 15.1 Å². The van der Waals surface area contributed by atoms with Crippen LogP contribution in [0.15, 0.2) is 45.7 Å². The fourth-order valence-electron chi connectivity index (χ4n) is 4.98. The third kappa shape index (κ3) is 6.78. The standard InChI is InChI=1S/C26H37N3O3S/c1-21-8-3-4-9-25(21)33(31)20-23-10-11-24(32-23)26(30)27-14-7-15-28-18-12-22(13-19-28)29-16-5-2-6-17-29/h3-4,8-11,22H,2,5-7,12-20H2,1H3,(H,27,30)/t33-/m1/s1. The van der Waals surface area contributed by atoms with Gasteiger partial charge in [0, 0.05) is 17.5 Å². The maximum Gasteiger partial charge on any atom is 0.286 e. The lowest BCUT2D eigenvalue weighted by atomic mass is 10.00. The Bertz CT molecular complexity index is 930. The highest BCUT2D eigenvalue weighted by Crippen LogP contribution is 2.21. The quantitative estimate of drug-likeness (QED) is 0.561. The van der Waals surface area contributed by atoms with Crippen molar-refractivity contribution in [2.75, 3.05) is 39.3 Å². The summed E-state index contributed by atoms with van der Waals surface area (Å²) >= 11 is 0. The van der Waals surface area contributed by atoms with Crippen LogP contribution >= 0.6 is 0 Å². The van der Waals surface area contributed by atoms with Crippen LogP contribution in [0.2, 0.25) is 0 Å². The second kappa shape index (κ2) is 12.0. The lowest BCUT2D eigenvalue weighted by molar-refractivity contribution is 0.0891. The highest BCUT2D eigenvalue weighted by atomic mass is 32.2. The number of amides is 1. The zero-order valence-corrected chi connectivity index (χ0v) is 20.6. The molecule has 2 aliphatic heterocycles. The Morgan fingerprint density at radius 2 is 1.82 bits per heavy atom. The summed E-state index contributed by atoms with van der Waals surface area (Å²) in [4.78, 5) is 18.5. The number of furan rings is 1. The summed E-state index contributed by atoms with van der Waals surface area (Å²) in [5, 5.41) is 2.96. The molecule has 3 heterocycles. The monoisotopic (exact) mass is 471 g/mol. The molecule has 1 aromatic heterocycles. The Hall–Kier alpha value is -1.96. The molecular formula is C26H37N3O3S. The topological polar surface area (TPSA) is 65.8 Å². The molecule has 1 aromatic carbocycles. The number of nitrogens with one attached hydrogen (secondary N) is 1. The SMILES string of the molecule is Cc1ccccc1[S@](=O)Cc1ccc(C(=O)NCCCN2CCC(N3CCCCC3)CC2)o1. The molecule has 1 amide bonds. The van der Waals surface area contributed by atoms with Crippen molar-refractivity contribution in [1.82, 2.24) is 15.1 Å². The summed E-state index contributed by atoms with van der Waals surface area (Å²) in [6.07, 6.45) is 7.60. The maximum absolute atomic E-state index is 12.6. The van der Waals surface area contributed by atoms with E-state index in [-0.39, 0.29) is 17.4 Å². The number of rotatable bonds is 9. The minimum atomic E-state index is -1.19. The Balaban J connectivity index is 1.14. The molecule has 0 unspecified atom stereocenters. The van der Waals surface area contributed by atoms with E-state index in [0.29, 0.717) is 12.3 Å². The van der Waals surface area contributed by atoms with Crippen LogP contribution in [0.3, 0.4) is 0 Å². The average molecular weight is 472 g/mol. The summed E-state index contributed by atoms with van der Waals surface area (Å²) in [6.45, 7) is 8.50. The van der Waals surface area contributed by atoms with Crippen LogP contribution in [0.5, 0.6) is 0 Å². The summed E-state index contributed by atoms with van der Waals surface area (Å²) in [5.74, 6) is 0.921. The van der Waals surface area contributed by atoms with Crippen molar-refractivity contribution in [1.29, 1.82) is 0 Å². The van der Waals surface area contributed by atoms with E-state index in [1.807, 2.05) is 31.2 Å². The molecule has 1 N–H and O–H groups in total. The van der Waals surface area contributed by atoms with Gasteiger partial charge in [0.05, 0.1) is 16.6 Å². The van der Waals surface area contributed by atoms with Gasteiger partial charge in [-0.3, -0.25) is 9.00 Å². The van der Waals surface area contributed by atoms with Gasteiger partial charge in [-0.05, 0) is 95.5 Å². The van der Waals surface area contributed by atoms with Crippen LogP contribution in [-0.2, 0) is 16.6 Å². The van der Waals surface area contributed by atoms with E-state index in [1.165, 1.54) is 45.2 Å². The minimum Gasteiger partial charge on any atom is -0.455 e. The zero-order valence-electron chi connectivity index (χ0n) is 19.8. The van der Waals surface area contributed by atoms with Gasteiger partial charge in [-0.1, -0.05) is 24.6 Å². The zero-order chi connectivity index (χ0) is 23.0. The minimum absolute atomic E-state index is 0.202. The molecule has 0 radical (unpaired) electrons. The van der Waals surface area contributed by atoms with E-state index in [1.54, 1.807) is 12.1 Å². The van der Waals surface area contributed by atoms with E-state index < -0.39 is 10.8 Å². The Morgan fingerprint density at radius 1 is 1.06 bits per heavy atom. The second-order valence-corrected chi connectivity index (χ2v) is 10.7. The predicted molar refractivity (Wildman–Crippen MR) is 132 cm³/mol. The van der Waals surface area contributed by atoms with Gasteiger partial charge >= 0.3 is 0 Å². The first-order chi connectivity index (χ1) is 16.1. The van der Waals surface area contributed by atoms with Crippen molar-refractivity contribution in [2.45, 2.75) is 62.1 Å². The van der Waals surface area contributed by atoms with Gasteiger partial charge < -0.3 is 19.5 Å². The third-order valence-electron chi connectivity index (χ3n) is 6.90. The Labute approximate surface area is 200 Å². The number of hydrogen-bond acceptors (Lipinski definition) is 5. The molecule has 2 aliphatic rings. The van der Waals surface area contributed by atoms with Crippen LogP contribution in [0, 0.1) is 6.92 Å². The molecular weight excluding hydrogens is 434 g/mol. The van der Waals surface area contributed by atoms with Gasteiger partial charge in [0.1, 0.15) is 5.76 Å². The number of hydrogen-bond donors (Lipinski definition) is 1. The van der Waals surface area contributed by atoms with E-state index >= 15 is 0 Å². The number of nitrogens with zero attached hydrogens (tertiary/aromatic N) is 2. The largest absolute Gasteiger partial charge is 0.455 e. The number of carbonyl (C=O) groups excluding carboxylic acids is 1. The normalized spacial score (nSPS) is 19.4. The number of aryl methyl sites for hydroxylation is 1. The third-order valence-corrected chi connectivity index (χ3v) is 8.39. The molecule has 7 heteroatoms. The van der Waals surface area contributed by atoms with E-state index in [9.17, 15) is 9.00 Å². The lowest BCUT2D eigenvalue weighted by Crippen LogP contribution is -2.47. The highest BCUT2D eigenvalue weighted by molar-refractivity contribution is 7.84. The van der Waals surface area contributed by atoms with Crippen LogP contribution in [0.25, 0.3) is 0 Å². The number of benzene rings is 1. The molecule has 0 bridgehead atoms. The molecule has 0 spiro atoms. The first kappa shape index (κ1) is 24.2. The van der Waals surface area contributed by atoms with Gasteiger partial charge in [0.15, 0.2) is 5.76 Å². The maximum atomic E-state index is 12.6. The molecule has 2 saturated heterocycles. The first-order valence-corrected chi connectivity index (χ1v) is 13.7. The Morgan fingerprint density at radius 3 is 2.58 bits per heavy atom. The number of likely N-dealkylation sites (tertiary alicyclic amines) is 2. The summed E-state index contributed by atoms with van der Waals surface area (Å²) in [7, 11) is -1.19. The Kier molecular flexibility index (Phi) is 8.75. The van der Waals surface area contributed by atoms with E-state index in [0.717, 1.165) is 42.6 Å². The molecule has 180 valence electrons. The molecule has 1 atom stereocenters. The fourth-order valence-corrected chi connectivity index (χ4v) is 6.21. The summed E-state index contributed by atoms with van der Waals surface area (Å²) < 4.78 is 18.3. The second-order valence-electron chi connectivity index (χ2n) is 9.30. The van der Waals surface area contributed by atoms with Crippen molar-refractivity contribution in [3.05, 3.63) is 53.5 Å². The van der Waals surface area contributed by atoms with Gasteiger partial charge in [-0.15, -0.1) is 0 Å². The van der Waals surface area contributed by atoms with Gasteiger partial charge in [0.25, 0.3) is 5.91 Å². The van der Waals surface area contributed by atoms with Crippen LogP contribution < -0.4 is 5.32 Å². The van der Waals surface area contributed by atoms with Crippen LogP contribution in [0.1, 0.15) is 60.4 Å². The summed E-state index contributed by atoms with van der Waals surface area (Å²) in [5.41, 5.74) is 0.996. The smallest absolute Gasteiger partial charge is 0.286 e. The molecule has 2 aromatic rings. The lowest BCUT2D eigenvalue weighted by Gasteiger charge is -2.40. The predicted octanol–water partition coefficient (Wildman–Crippen LogP) is 3.97. The van der Waals surface area contributed by atoms with Crippen molar-refractivity contribution < 1.29 is 13.4 Å². The molecule has 6 nitrogen and oxygen atoms in total. The number of piperidine rings is 2.